The number of thioether (sulfide) groups is 1. The van der Waals surface area contributed by atoms with Crippen LogP contribution in [0.15, 0.2) is 4.99 Å². The molecule has 1 saturated heterocycles. The van der Waals surface area contributed by atoms with E-state index >= 15 is 0 Å². The molecule has 1 heterocycles. The summed E-state index contributed by atoms with van der Waals surface area (Å²) >= 11 is 1.81. The second-order valence-corrected chi connectivity index (χ2v) is 3.75. The molecule has 0 aliphatic carbocycles. The fourth-order valence-electron chi connectivity index (χ4n) is 0.987. The molecule has 1 N–H and O–H groups in total. The van der Waals surface area contributed by atoms with Crippen LogP contribution in [0.3, 0.4) is 0 Å². The Morgan fingerprint density at radius 1 is 1.75 bits per heavy atom. The van der Waals surface area contributed by atoms with Crippen LogP contribution in [0, 0.1) is 0 Å². The maximum absolute atomic E-state index is 4.91. The summed E-state index contributed by atoms with van der Waals surface area (Å²) in [4.78, 5) is 4.35. The van der Waals surface area contributed by atoms with Crippen molar-refractivity contribution < 1.29 is 4.74 Å². The summed E-state index contributed by atoms with van der Waals surface area (Å²) in [6.07, 6.45) is 1.18. The summed E-state index contributed by atoms with van der Waals surface area (Å²) in [7, 11) is 1.70. The van der Waals surface area contributed by atoms with Gasteiger partial charge in [0.15, 0.2) is 5.17 Å². The van der Waals surface area contributed by atoms with Gasteiger partial charge in [0.25, 0.3) is 0 Å². The first-order chi connectivity index (χ1) is 5.86. The zero-order valence-electron chi connectivity index (χ0n) is 7.67. The second kappa shape index (κ2) is 5.43. The fourth-order valence-corrected chi connectivity index (χ4v) is 2.10. The highest BCUT2D eigenvalue weighted by Crippen LogP contribution is 2.15. The molecule has 0 bridgehead atoms. The van der Waals surface area contributed by atoms with Gasteiger partial charge in [-0.15, -0.1) is 0 Å². The molecule has 0 aromatic carbocycles. The van der Waals surface area contributed by atoms with E-state index in [4.69, 9.17) is 4.74 Å². The number of rotatable bonds is 4. The first kappa shape index (κ1) is 9.86. The highest BCUT2D eigenvalue weighted by atomic mass is 32.2. The van der Waals surface area contributed by atoms with Crippen LogP contribution < -0.4 is 5.32 Å². The number of methoxy groups -OCH3 is 1. The quantitative estimate of drug-likeness (QED) is 0.671. The number of nitrogens with zero attached hydrogens (tertiary/aromatic N) is 1. The van der Waals surface area contributed by atoms with Gasteiger partial charge in [-0.25, -0.2) is 0 Å². The largest absolute Gasteiger partial charge is 0.383 e. The van der Waals surface area contributed by atoms with Crippen LogP contribution in [0.2, 0.25) is 0 Å². The molecule has 4 heteroatoms. The Morgan fingerprint density at radius 3 is 3.17 bits per heavy atom. The van der Waals surface area contributed by atoms with Crippen molar-refractivity contribution in [1.29, 1.82) is 0 Å². The first-order valence-corrected chi connectivity index (χ1v) is 5.28. The van der Waals surface area contributed by atoms with Crippen molar-refractivity contribution in [1.82, 2.24) is 5.32 Å². The lowest BCUT2D eigenvalue weighted by atomic mass is 10.3. The Balaban J connectivity index is 2.21. The minimum Gasteiger partial charge on any atom is -0.383 e. The summed E-state index contributed by atoms with van der Waals surface area (Å²) in [5, 5.41) is 4.44. The van der Waals surface area contributed by atoms with Crippen LogP contribution in [0.5, 0.6) is 0 Å². The SMILES string of the molecule is CCC1CSC(=NCCOC)N1. The maximum atomic E-state index is 4.91. The third kappa shape index (κ3) is 3.03. The molecule has 3 nitrogen and oxygen atoms in total. The Hall–Kier alpha value is -0.220. The average Bonchev–Trinajstić information content (AvgIpc) is 2.53. The maximum Gasteiger partial charge on any atom is 0.156 e. The normalized spacial score (nSPS) is 26.2. The lowest BCUT2D eigenvalue weighted by Gasteiger charge is -2.04. The van der Waals surface area contributed by atoms with Crippen LogP contribution in [0.1, 0.15) is 13.3 Å². The molecule has 1 aliphatic rings. The van der Waals surface area contributed by atoms with Crippen molar-refractivity contribution in [3.8, 4) is 0 Å². The molecule has 1 aliphatic heterocycles. The molecular formula is C8H16N2OS. The number of hydrogen-bond donors (Lipinski definition) is 1. The summed E-state index contributed by atoms with van der Waals surface area (Å²) in [5.74, 6) is 1.16. The van der Waals surface area contributed by atoms with Gasteiger partial charge in [0.05, 0.1) is 13.2 Å². The molecule has 0 aromatic heterocycles. The van der Waals surface area contributed by atoms with Crippen LogP contribution in [-0.2, 0) is 4.74 Å². The van der Waals surface area contributed by atoms with Gasteiger partial charge in [0.1, 0.15) is 0 Å². The monoisotopic (exact) mass is 188 g/mol. The van der Waals surface area contributed by atoms with Gasteiger partial charge in [-0.2, -0.15) is 0 Å². The Bertz CT molecular complexity index is 161. The summed E-state index contributed by atoms with van der Waals surface area (Å²) in [6.45, 7) is 3.67. The highest BCUT2D eigenvalue weighted by Gasteiger charge is 2.17. The van der Waals surface area contributed by atoms with E-state index in [0.717, 1.165) is 17.5 Å². The van der Waals surface area contributed by atoms with Crippen LogP contribution in [0.25, 0.3) is 0 Å². The molecule has 0 amide bonds. The number of hydrogen-bond acceptors (Lipinski definition) is 3. The highest BCUT2D eigenvalue weighted by molar-refractivity contribution is 8.14. The van der Waals surface area contributed by atoms with Crippen molar-refractivity contribution >= 4 is 16.9 Å². The summed E-state index contributed by atoms with van der Waals surface area (Å²) in [5.41, 5.74) is 0. The number of ether oxygens (including phenoxy) is 1. The van der Waals surface area contributed by atoms with E-state index in [2.05, 4.69) is 17.2 Å². The number of nitrogens with one attached hydrogen (secondary N) is 1. The molecule has 1 atom stereocenters. The minimum atomic E-state index is 0.622. The van der Waals surface area contributed by atoms with Gasteiger partial charge in [-0.05, 0) is 6.42 Å². The first-order valence-electron chi connectivity index (χ1n) is 4.29. The molecule has 0 spiro atoms. The Morgan fingerprint density at radius 2 is 2.58 bits per heavy atom. The van der Waals surface area contributed by atoms with E-state index in [0.29, 0.717) is 12.6 Å². The third-order valence-electron chi connectivity index (χ3n) is 1.79. The molecule has 12 heavy (non-hydrogen) atoms. The smallest absolute Gasteiger partial charge is 0.156 e. The van der Waals surface area contributed by atoms with Crippen molar-refractivity contribution in [2.24, 2.45) is 4.99 Å². The van der Waals surface area contributed by atoms with E-state index in [1.165, 1.54) is 6.42 Å². The predicted molar refractivity (Wildman–Crippen MR) is 53.9 cm³/mol. The molecule has 70 valence electrons. The topological polar surface area (TPSA) is 33.6 Å². The molecule has 0 aromatic rings. The van der Waals surface area contributed by atoms with Gasteiger partial charge >= 0.3 is 0 Å². The Kier molecular flexibility index (Phi) is 4.46. The van der Waals surface area contributed by atoms with E-state index in [1.807, 2.05) is 11.8 Å². The van der Waals surface area contributed by atoms with Crippen molar-refractivity contribution in [3.05, 3.63) is 0 Å². The lowest BCUT2D eigenvalue weighted by molar-refractivity contribution is 0.208. The standard InChI is InChI=1S/C8H16N2OS/c1-3-7-6-12-8(10-7)9-4-5-11-2/h7H,3-6H2,1-2H3,(H,9,10). The van der Waals surface area contributed by atoms with E-state index in [-0.39, 0.29) is 0 Å². The Labute approximate surface area is 78.0 Å². The van der Waals surface area contributed by atoms with Crippen LogP contribution in [-0.4, -0.2) is 37.2 Å². The van der Waals surface area contributed by atoms with Gasteiger partial charge in [-0.1, -0.05) is 18.7 Å². The van der Waals surface area contributed by atoms with E-state index < -0.39 is 0 Å². The van der Waals surface area contributed by atoms with Crippen molar-refractivity contribution in [2.45, 2.75) is 19.4 Å². The molecule has 1 fully saturated rings. The molecular weight excluding hydrogens is 172 g/mol. The van der Waals surface area contributed by atoms with Gasteiger partial charge in [-0.3, -0.25) is 4.99 Å². The summed E-state index contributed by atoms with van der Waals surface area (Å²) in [6, 6.07) is 0.622. The predicted octanol–water partition coefficient (Wildman–Crippen LogP) is 1.10. The fraction of sp³-hybridized carbons (Fsp3) is 0.875. The lowest BCUT2D eigenvalue weighted by Crippen LogP contribution is -2.26. The van der Waals surface area contributed by atoms with E-state index in [9.17, 15) is 0 Å². The summed E-state index contributed by atoms with van der Waals surface area (Å²) < 4.78 is 4.91. The van der Waals surface area contributed by atoms with E-state index in [1.54, 1.807) is 7.11 Å². The molecule has 0 saturated carbocycles. The second-order valence-electron chi connectivity index (χ2n) is 2.74. The minimum absolute atomic E-state index is 0.622. The third-order valence-corrected chi connectivity index (χ3v) is 2.88. The van der Waals surface area contributed by atoms with Crippen molar-refractivity contribution in [3.63, 3.8) is 0 Å². The average molecular weight is 188 g/mol. The van der Waals surface area contributed by atoms with Crippen molar-refractivity contribution in [2.75, 3.05) is 26.0 Å². The van der Waals surface area contributed by atoms with Gasteiger partial charge < -0.3 is 10.1 Å². The molecule has 1 rings (SSSR count). The van der Waals surface area contributed by atoms with Crippen LogP contribution >= 0.6 is 11.8 Å². The van der Waals surface area contributed by atoms with Crippen LogP contribution in [0.4, 0.5) is 0 Å². The number of aliphatic imine (C=N–C) groups is 1. The van der Waals surface area contributed by atoms with Gasteiger partial charge in [0.2, 0.25) is 0 Å². The van der Waals surface area contributed by atoms with Gasteiger partial charge in [0, 0.05) is 18.9 Å². The molecule has 1 unspecified atom stereocenters. The number of amidine groups is 1. The zero-order valence-corrected chi connectivity index (χ0v) is 8.49. The zero-order chi connectivity index (χ0) is 8.81. The molecule has 0 radical (unpaired) electrons.